The summed E-state index contributed by atoms with van der Waals surface area (Å²) < 4.78 is 0. The number of aromatic amines is 1. The van der Waals surface area contributed by atoms with Crippen molar-refractivity contribution in [3.63, 3.8) is 0 Å². The maximum absolute atomic E-state index is 12.6. The highest BCUT2D eigenvalue weighted by Crippen LogP contribution is 2.22. The second-order valence-electron chi connectivity index (χ2n) is 6.45. The first-order valence-electron chi connectivity index (χ1n) is 8.52. The minimum absolute atomic E-state index is 0.0164. The molecule has 132 valence electrons. The summed E-state index contributed by atoms with van der Waals surface area (Å²) >= 11 is 0. The Bertz CT molecular complexity index is 1160. The number of hydrogen-bond acceptors (Lipinski definition) is 3. The molecule has 1 heterocycles. The molecule has 5 nitrogen and oxygen atoms in total. The molecule has 4 aromatic rings. The molecule has 0 aliphatic heterocycles. The standard InChI is InChI=1S/C22H17N3O2/c1-13-2-4-14(5-3-13)20(26)15-6-8-16(9-7-15)22-24-18-11-10-17(21(23)27)12-19(18)25-22/h2-12H,1H3,(H2,23,27)(H,24,25). The molecule has 0 bridgehead atoms. The summed E-state index contributed by atoms with van der Waals surface area (Å²) in [6.07, 6.45) is 0. The van der Waals surface area contributed by atoms with Gasteiger partial charge >= 0.3 is 0 Å². The predicted molar refractivity (Wildman–Crippen MR) is 105 cm³/mol. The van der Waals surface area contributed by atoms with E-state index in [1.807, 2.05) is 43.3 Å². The van der Waals surface area contributed by atoms with Crippen molar-refractivity contribution in [3.05, 3.63) is 89.0 Å². The van der Waals surface area contributed by atoms with Crippen LogP contribution in [-0.2, 0) is 0 Å². The number of primary amides is 1. The van der Waals surface area contributed by atoms with Crippen molar-refractivity contribution in [1.29, 1.82) is 0 Å². The zero-order chi connectivity index (χ0) is 19.0. The number of imidazole rings is 1. The normalized spacial score (nSPS) is 10.9. The first kappa shape index (κ1) is 16.7. The quantitative estimate of drug-likeness (QED) is 0.545. The largest absolute Gasteiger partial charge is 0.366 e. The lowest BCUT2D eigenvalue weighted by atomic mass is 10.0. The number of carbonyl (C=O) groups is 2. The molecule has 0 saturated heterocycles. The summed E-state index contributed by atoms with van der Waals surface area (Å²) in [7, 11) is 0. The van der Waals surface area contributed by atoms with Gasteiger partial charge in [0.1, 0.15) is 5.82 Å². The lowest BCUT2D eigenvalue weighted by molar-refractivity contribution is 0.0998. The Labute approximate surface area is 155 Å². The molecule has 0 unspecified atom stereocenters. The number of rotatable bonds is 4. The molecule has 27 heavy (non-hydrogen) atoms. The monoisotopic (exact) mass is 355 g/mol. The van der Waals surface area contributed by atoms with Crippen molar-refractivity contribution < 1.29 is 9.59 Å². The van der Waals surface area contributed by atoms with Crippen molar-refractivity contribution in [1.82, 2.24) is 9.97 Å². The summed E-state index contributed by atoms with van der Waals surface area (Å²) in [5.74, 6) is 0.172. The van der Waals surface area contributed by atoms with Crippen LogP contribution in [0.4, 0.5) is 0 Å². The van der Waals surface area contributed by atoms with E-state index >= 15 is 0 Å². The second kappa shape index (κ2) is 6.53. The number of ketones is 1. The van der Waals surface area contributed by atoms with Gasteiger partial charge in [-0.05, 0) is 25.1 Å². The maximum atomic E-state index is 12.6. The van der Waals surface area contributed by atoms with Crippen LogP contribution in [0.15, 0.2) is 66.7 Å². The molecule has 1 aromatic heterocycles. The number of nitrogens with two attached hydrogens (primary N) is 1. The first-order valence-corrected chi connectivity index (χ1v) is 8.52. The third-order valence-corrected chi connectivity index (χ3v) is 4.50. The Morgan fingerprint density at radius 2 is 1.44 bits per heavy atom. The summed E-state index contributed by atoms with van der Waals surface area (Å²) in [6.45, 7) is 1.99. The van der Waals surface area contributed by atoms with Gasteiger partial charge in [-0.15, -0.1) is 0 Å². The molecule has 3 aromatic carbocycles. The number of nitrogens with zero attached hydrogens (tertiary/aromatic N) is 1. The Kier molecular flexibility index (Phi) is 4.05. The zero-order valence-electron chi connectivity index (χ0n) is 14.7. The number of nitrogens with one attached hydrogen (secondary N) is 1. The van der Waals surface area contributed by atoms with Crippen molar-refractivity contribution in [3.8, 4) is 11.4 Å². The van der Waals surface area contributed by atoms with Gasteiger partial charge in [0.2, 0.25) is 5.91 Å². The van der Waals surface area contributed by atoms with Crippen LogP contribution in [0.5, 0.6) is 0 Å². The van der Waals surface area contributed by atoms with E-state index in [2.05, 4.69) is 9.97 Å². The van der Waals surface area contributed by atoms with Crippen LogP contribution in [0.25, 0.3) is 22.4 Å². The molecule has 5 heteroatoms. The van der Waals surface area contributed by atoms with E-state index in [0.29, 0.717) is 22.5 Å². The summed E-state index contributed by atoms with van der Waals surface area (Å²) in [6, 6.07) is 19.9. The summed E-state index contributed by atoms with van der Waals surface area (Å²) in [4.78, 5) is 31.6. The molecule has 0 radical (unpaired) electrons. The van der Waals surface area contributed by atoms with Gasteiger partial charge in [0.25, 0.3) is 0 Å². The highest BCUT2D eigenvalue weighted by molar-refractivity contribution is 6.09. The number of H-pyrrole nitrogens is 1. The topological polar surface area (TPSA) is 88.8 Å². The van der Waals surface area contributed by atoms with Gasteiger partial charge in [0.15, 0.2) is 5.78 Å². The number of fused-ring (bicyclic) bond motifs is 1. The minimum Gasteiger partial charge on any atom is -0.366 e. The fraction of sp³-hybridized carbons (Fsp3) is 0.0455. The molecule has 0 aliphatic rings. The molecule has 0 aliphatic carbocycles. The van der Waals surface area contributed by atoms with Gasteiger partial charge in [0, 0.05) is 22.3 Å². The molecule has 1 amide bonds. The molecule has 3 N–H and O–H groups in total. The van der Waals surface area contributed by atoms with Crippen LogP contribution >= 0.6 is 0 Å². The van der Waals surface area contributed by atoms with Crippen molar-refractivity contribution in [2.24, 2.45) is 5.73 Å². The van der Waals surface area contributed by atoms with E-state index in [9.17, 15) is 9.59 Å². The van der Waals surface area contributed by atoms with Crippen molar-refractivity contribution in [2.75, 3.05) is 0 Å². The summed E-state index contributed by atoms with van der Waals surface area (Å²) in [5, 5.41) is 0. The van der Waals surface area contributed by atoms with Gasteiger partial charge in [-0.2, -0.15) is 0 Å². The third kappa shape index (κ3) is 3.22. The van der Waals surface area contributed by atoms with Crippen LogP contribution in [0.3, 0.4) is 0 Å². The Balaban J connectivity index is 1.63. The first-order chi connectivity index (χ1) is 13.0. The molecule has 0 atom stereocenters. The SMILES string of the molecule is Cc1ccc(C(=O)c2ccc(-c3nc4ccc(C(N)=O)cc4[nH]3)cc2)cc1. The van der Waals surface area contributed by atoms with Crippen LogP contribution in [-0.4, -0.2) is 21.7 Å². The maximum Gasteiger partial charge on any atom is 0.248 e. The van der Waals surface area contributed by atoms with Gasteiger partial charge in [0.05, 0.1) is 11.0 Å². The van der Waals surface area contributed by atoms with Crippen LogP contribution in [0, 0.1) is 6.92 Å². The zero-order valence-corrected chi connectivity index (χ0v) is 14.7. The van der Waals surface area contributed by atoms with Crippen LogP contribution < -0.4 is 5.73 Å². The summed E-state index contributed by atoms with van der Waals surface area (Å²) in [5.41, 5.74) is 10.5. The lowest BCUT2D eigenvalue weighted by Crippen LogP contribution is -2.10. The number of benzene rings is 3. The van der Waals surface area contributed by atoms with E-state index in [4.69, 9.17) is 5.73 Å². The Hall–Kier alpha value is -3.73. The van der Waals surface area contributed by atoms with E-state index in [1.165, 1.54) is 0 Å². The van der Waals surface area contributed by atoms with Crippen molar-refractivity contribution in [2.45, 2.75) is 6.92 Å². The third-order valence-electron chi connectivity index (χ3n) is 4.50. The molecule has 0 fully saturated rings. The second-order valence-corrected chi connectivity index (χ2v) is 6.45. The van der Waals surface area contributed by atoms with Gasteiger partial charge in [-0.25, -0.2) is 4.98 Å². The van der Waals surface area contributed by atoms with Gasteiger partial charge in [-0.1, -0.05) is 54.1 Å². The number of aryl methyl sites for hydroxylation is 1. The highest BCUT2D eigenvalue weighted by Gasteiger charge is 2.11. The highest BCUT2D eigenvalue weighted by atomic mass is 16.1. The van der Waals surface area contributed by atoms with Gasteiger partial charge < -0.3 is 10.7 Å². The Morgan fingerprint density at radius 1 is 0.852 bits per heavy atom. The van der Waals surface area contributed by atoms with Gasteiger partial charge in [-0.3, -0.25) is 9.59 Å². The molecule has 0 saturated carbocycles. The van der Waals surface area contributed by atoms with E-state index < -0.39 is 5.91 Å². The minimum atomic E-state index is -0.480. The number of hydrogen-bond donors (Lipinski definition) is 2. The molecular weight excluding hydrogens is 338 g/mol. The van der Waals surface area contributed by atoms with E-state index in [1.54, 1.807) is 30.3 Å². The smallest absolute Gasteiger partial charge is 0.248 e. The van der Waals surface area contributed by atoms with Crippen LogP contribution in [0.2, 0.25) is 0 Å². The average molecular weight is 355 g/mol. The average Bonchev–Trinajstić information content (AvgIpc) is 3.11. The van der Waals surface area contributed by atoms with E-state index in [-0.39, 0.29) is 5.78 Å². The number of amides is 1. The fourth-order valence-electron chi connectivity index (χ4n) is 2.95. The van der Waals surface area contributed by atoms with Crippen LogP contribution in [0.1, 0.15) is 31.8 Å². The molecular formula is C22H17N3O2. The molecule has 0 spiro atoms. The lowest BCUT2D eigenvalue weighted by Gasteiger charge is -2.03. The fourth-order valence-corrected chi connectivity index (χ4v) is 2.95. The van der Waals surface area contributed by atoms with E-state index in [0.717, 1.165) is 22.2 Å². The Morgan fingerprint density at radius 3 is 2.07 bits per heavy atom. The number of carbonyl (C=O) groups excluding carboxylic acids is 2. The molecule has 4 rings (SSSR count). The number of aromatic nitrogens is 2. The van der Waals surface area contributed by atoms with Crippen molar-refractivity contribution >= 4 is 22.7 Å². The predicted octanol–water partition coefficient (Wildman–Crippen LogP) is 3.87.